The van der Waals surface area contributed by atoms with Gasteiger partial charge in [-0.05, 0) is 62.4 Å². The van der Waals surface area contributed by atoms with Crippen LogP contribution in [-0.2, 0) is 21.1 Å². The highest BCUT2D eigenvalue weighted by atomic mass is 19.4. The van der Waals surface area contributed by atoms with E-state index in [2.05, 4.69) is 11.4 Å². The van der Waals surface area contributed by atoms with Crippen LogP contribution in [0.1, 0.15) is 59.8 Å². The van der Waals surface area contributed by atoms with Crippen molar-refractivity contribution >= 4 is 11.8 Å². The Kier molecular flexibility index (Phi) is 6.46. The maximum absolute atomic E-state index is 14.9. The summed E-state index contributed by atoms with van der Waals surface area (Å²) in [6.07, 6.45) is -3.45. The van der Waals surface area contributed by atoms with Gasteiger partial charge in [-0.15, -0.1) is 0 Å². The van der Waals surface area contributed by atoms with Crippen LogP contribution in [0.4, 0.5) is 17.6 Å². The Labute approximate surface area is 217 Å². The summed E-state index contributed by atoms with van der Waals surface area (Å²) in [5.41, 5.74) is -0.908. The smallest absolute Gasteiger partial charge is 0.381 e. The summed E-state index contributed by atoms with van der Waals surface area (Å²) in [6, 6.07) is 9.54. The van der Waals surface area contributed by atoms with Gasteiger partial charge in [0.1, 0.15) is 11.9 Å². The highest BCUT2D eigenvalue weighted by Gasteiger charge is 2.56. The maximum atomic E-state index is 14.9. The van der Waals surface area contributed by atoms with Crippen LogP contribution in [-0.4, -0.2) is 42.0 Å². The van der Waals surface area contributed by atoms with Gasteiger partial charge in [-0.25, -0.2) is 4.39 Å². The Morgan fingerprint density at radius 2 is 1.84 bits per heavy atom. The lowest BCUT2D eigenvalue weighted by atomic mass is 9.85. The molecule has 4 atom stereocenters. The number of benzene rings is 2. The Morgan fingerprint density at radius 1 is 1.11 bits per heavy atom. The number of carbonyl (C=O) groups is 2. The fraction of sp³-hybridized carbons (Fsp3) is 0.464. The number of rotatable bonds is 6. The minimum Gasteiger partial charge on any atom is -0.381 e. The third-order valence-corrected chi connectivity index (χ3v) is 7.85. The van der Waals surface area contributed by atoms with Crippen LogP contribution < -0.4 is 5.32 Å². The number of piperidine rings is 1. The molecular weight excluding hydrogens is 502 g/mol. The van der Waals surface area contributed by atoms with Gasteiger partial charge in [0.25, 0.3) is 5.91 Å². The van der Waals surface area contributed by atoms with E-state index in [0.717, 1.165) is 18.6 Å². The molecular formula is C28H27F4N3O3. The predicted octanol–water partition coefficient (Wildman–Crippen LogP) is 4.75. The first-order chi connectivity index (χ1) is 17.9. The van der Waals surface area contributed by atoms with Crippen LogP contribution in [0.3, 0.4) is 0 Å². The quantitative estimate of drug-likeness (QED) is 0.548. The first kappa shape index (κ1) is 26.2. The van der Waals surface area contributed by atoms with Gasteiger partial charge in [0.15, 0.2) is 0 Å². The van der Waals surface area contributed by atoms with E-state index in [9.17, 15) is 32.4 Å². The molecule has 0 bridgehead atoms. The second-order valence-corrected chi connectivity index (χ2v) is 10.9. The van der Waals surface area contributed by atoms with Gasteiger partial charge in [0, 0.05) is 23.1 Å². The molecule has 38 heavy (non-hydrogen) atoms. The molecule has 0 radical (unpaired) electrons. The Bertz CT molecular complexity index is 1320. The van der Waals surface area contributed by atoms with E-state index >= 15 is 0 Å². The molecule has 1 saturated carbocycles. The van der Waals surface area contributed by atoms with E-state index in [1.54, 1.807) is 43.0 Å². The summed E-state index contributed by atoms with van der Waals surface area (Å²) in [6.45, 7) is 3.96. The second-order valence-electron chi connectivity index (χ2n) is 10.9. The highest BCUT2D eigenvalue weighted by molar-refractivity contribution is 5.99. The van der Waals surface area contributed by atoms with E-state index in [1.165, 1.54) is 0 Å². The highest BCUT2D eigenvalue weighted by Crippen LogP contribution is 2.49. The number of fused-ring (bicyclic) bond motifs is 1. The van der Waals surface area contributed by atoms with Crippen molar-refractivity contribution < 1.29 is 31.9 Å². The fourth-order valence-corrected chi connectivity index (χ4v) is 5.34. The number of hydrogen-bond donors (Lipinski definition) is 1. The molecule has 5 rings (SSSR count). The van der Waals surface area contributed by atoms with Gasteiger partial charge in [0.05, 0.1) is 36.3 Å². The van der Waals surface area contributed by atoms with Crippen LogP contribution in [0.25, 0.3) is 0 Å². The molecule has 2 aromatic carbocycles. The normalized spacial score (nSPS) is 23.7. The summed E-state index contributed by atoms with van der Waals surface area (Å²) in [5, 5.41) is 12.3. The number of ether oxygens (including phenoxy) is 1. The molecule has 2 amide bonds. The van der Waals surface area contributed by atoms with Crippen molar-refractivity contribution in [3.63, 3.8) is 0 Å². The minimum absolute atomic E-state index is 0.0490. The lowest BCUT2D eigenvalue weighted by Crippen LogP contribution is -2.51. The molecule has 2 aliphatic heterocycles. The molecule has 1 N–H and O–H groups in total. The van der Waals surface area contributed by atoms with E-state index in [1.807, 2.05) is 0 Å². The van der Waals surface area contributed by atoms with Gasteiger partial charge < -0.3 is 15.0 Å². The zero-order valence-electron chi connectivity index (χ0n) is 20.9. The zero-order chi connectivity index (χ0) is 27.4. The number of likely N-dealkylation sites (tertiary alicyclic amines) is 1. The van der Waals surface area contributed by atoms with E-state index in [-0.39, 0.29) is 42.6 Å². The third-order valence-electron chi connectivity index (χ3n) is 7.85. The number of carbonyl (C=O) groups excluding carboxylic acids is 2. The lowest BCUT2D eigenvalue weighted by Gasteiger charge is -2.36. The van der Waals surface area contributed by atoms with Gasteiger partial charge in [-0.2, -0.15) is 18.4 Å². The van der Waals surface area contributed by atoms with Crippen molar-refractivity contribution in [1.82, 2.24) is 10.2 Å². The molecule has 2 saturated heterocycles. The third kappa shape index (κ3) is 4.75. The predicted molar refractivity (Wildman–Crippen MR) is 128 cm³/mol. The lowest BCUT2D eigenvalue weighted by molar-refractivity contribution is -0.138. The first-order valence-corrected chi connectivity index (χ1v) is 12.5. The van der Waals surface area contributed by atoms with Crippen LogP contribution in [0, 0.1) is 29.0 Å². The summed E-state index contributed by atoms with van der Waals surface area (Å²) in [4.78, 5) is 28.7. The summed E-state index contributed by atoms with van der Waals surface area (Å²) >= 11 is 0. The summed E-state index contributed by atoms with van der Waals surface area (Å²) < 4.78 is 59.2. The summed E-state index contributed by atoms with van der Waals surface area (Å²) in [5.74, 6) is -1.99. The average Bonchev–Trinajstić information content (AvgIpc) is 3.50. The molecule has 200 valence electrons. The largest absolute Gasteiger partial charge is 0.416 e. The van der Waals surface area contributed by atoms with Crippen LogP contribution in [0.2, 0.25) is 0 Å². The Morgan fingerprint density at radius 3 is 2.45 bits per heavy atom. The molecule has 2 heterocycles. The van der Waals surface area contributed by atoms with E-state index in [4.69, 9.17) is 4.74 Å². The van der Waals surface area contributed by atoms with Crippen molar-refractivity contribution in [2.24, 2.45) is 11.8 Å². The van der Waals surface area contributed by atoms with Gasteiger partial charge in [-0.3, -0.25) is 9.59 Å². The molecule has 0 spiro atoms. The molecule has 0 aromatic heterocycles. The number of alkyl halides is 3. The van der Waals surface area contributed by atoms with Crippen molar-refractivity contribution in [2.75, 3.05) is 13.2 Å². The Balaban J connectivity index is 1.39. The maximum Gasteiger partial charge on any atom is 0.416 e. The van der Waals surface area contributed by atoms with Crippen LogP contribution >= 0.6 is 0 Å². The molecule has 1 aliphatic carbocycles. The van der Waals surface area contributed by atoms with Crippen LogP contribution in [0.15, 0.2) is 42.5 Å². The molecule has 2 aromatic rings. The van der Waals surface area contributed by atoms with Gasteiger partial charge >= 0.3 is 6.18 Å². The average molecular weight is 530 g/mol. The second kappa shape index (κ2) is 9.38. The fourth-order valence-electron chi connectivity index (χ4n) is 5.34. The number of amides is 2. The first-order valence-electron chi connectivity index (χ1n) is 12.5. The van der Waals surface area contributed by atoms with E-state index < -0.39 is 41.0 Å². The van der Waals surface area contributed by atoms with Crippen molar-refractivity contribution in [1.29, 1.82) is 5.26 Å². The Hall–Kier alpha value is -3.45. The van der Waals surface area contributed by atoms with Crippen molar-refractivity contribution in [3.05, 3.63) is 70.5 Å². The zero-order valence-corrected chi connectivity index (χ0v) is 20.9. The molecule has 3 fully saturated rings. The number of halogens is 4. The van der Waals surface area contributed by atoms with Gasteiger partial charge in [-0.1, -0.05) is 18.2 Å². The molecule has 6 nitrogen and oxygen atoms in total. The van der Waals surface area contributed by atoms with Crippen molar-refractivity contribution in [3.8, 4) is 6.07 Å². The van der Waals surface area contributed by atoms with Crippen LogP contribution in [0.5, 0.6) is 0 Å². The SMILES string of the molecule is CC(C)(C#N)c1cccc(C(=O)N2[C@@H](C(=O)N[C@@H](c3ccc(C(F)(F)F)cc3F)C3COC3)C[C@H]3C[C@H]32)c1. The van der Waals surface area contributed by atoms with E-state index in [0.29, 0.717) is 23.6 Å². The number of nitrogens with zero attached hydrogens (tertiary/aromatic N) is 2. The number of nitriles is 1. The number of nitrogens with one attached hydrogen (secondary N) is 1. The number of hydrogen-bond acceptors (Lipinski definition) is 4. The van der Waals surface area contributed by atoms with Gasteiger partial charge in [0.2, 0.25) is 5.91 Å². The topological polar surface area (TPSA) is 82.4 Å². The van der Waals surface area contributed by atoms with Crippen molar-refractivity contribution in [2.45, 2.75) is 56.4 Å². The molecule has 3 aliphatic rings. The monoisotopic (exact) mass is 529 g/mol. The standard InChI is InChI=1S/C28H27F4N3O3/c1-27(2,14-33)18-5-3-4-15(8-18)26(37)35-22-9-16(22)10-23(35)25(36)34-24(17-12-38-13-17)20-7-6-19(11-21(20)29)28(30,31)32/h3-8,11,16-17,22-24H,9-10,12-13H2,1-2H3,(H,34,36)/t16-,22-,23-,24-/m1/s1. The minimum atomic E-state index is -4.69. The molecule has 0 unspecified atom stereocenters. The molecule has 10 heteroatoms. The summed E-state index contributed by atoms with van der Waals surface area (Å²) in [7, 11) is 0.